The summed E-state index contributed by atoms with van der Waals surface area (Å²) in [5.74, 6) is -2.43. The minimum atomic E-state index is -1.48. The van der Waals surface area contributed by atoms with Crippen molar-refractivity contribution in [3.8, 4) is 0 Å². The van der Waals surface area contributed by atoms with Crippen LogP contribution in [-0.2, 0) is 11.2 Å². The second kappa shape index (κ2) is 8.56. The Bertz CT molecular complexity index is 670. The van der Waals surface area contributed by atoms with Crippen molar-refractivity contribution >= 4 is 29.1 Å². The molecular weight excluding hydrogens is 334 g/mol. The molecule has 2 aromatic rings. The summed E-state index contributed by atoms with van der Waals surface area (Å²) in [6, 6.07) is 11.4. The highest BCUT2D eigenvalue weighted by atomic mass is 32.2. The van der Waals surface area contributed by atoms with Crippen molar-refractivity contribution in [2.75, 3.05) is 0 Å². The van der Waals surface area contributed by atoms with Gasteiger partial charge in [0.1, 0.15) is 0 Å². The monoisotopic (exact) mass is 349 g/mol. The molecule has 0 aliphatic carbocycles. The van der Waals surface area contributed by atoms with Gasteiger partial charge in [-0.05, 0) is 48.5 Å². The normalized spacial score (nSPS) is 9.75. The third-order valence-corrected chi connectivity index (χ3v) is 4.03. The summed E-state index contributed by atoms with van der Waals surface area (Å²) >= 11 is -1.48. The molecule has 0 saturated carbocycles. The van der Waals surface area contributed by atoms with Gasteiger partial charge in [-0.2, -0.15) is 0 Å². The van der Waals surface area contributed by atoms with Crippen molar-refractivity contribution in [1.29, 1.82) is 5.41 Å². The molecule has 0 unspecified atom stereocenters. The van der Waals surface area contributed by atoms with Crippen molar-refractivity contribution in [3.05, 3.63) is 59.7 Å². The van der Waals surface area contributed by atoms with Crippen LogP contribution in [0.3, 0.4) is 0 Å². The first-order valence-corrected chi connectivity index (χ1v) is 7.55. The van der Waals surface area contributed by atoms with Crippen LogP contribution in [0.25, 0.3) is 0 Å². The van der Waals surface area contributed by atoms with E-state index in [0.29, 0.717) is 9.79 Å². The van der Waals surface area contributed by atoms with E-state index in [2.05, 4.69) is 11.5 Å². The lowest BCUT2D eigenvalue weighted by Crippen LogP contribution is -2.20. The first-order chi connectivity index (χ1) is 11.2. The zero-order valence-corrected chi connectivity index (χ0v) is 13.1. The van der Waals surface area contributed by atoms with Crippen LogP contribution in [0, 0.1) is 5.41 Å². The highest BCUT2D eigenvalue weighted by Crippen LogP contribution is 2.21. The Labute approximate surface area is 140 Å². The molecule has 8 nitrogen and oxygen atoms in total. The molecule has 0 atom stereocenters. The van der Waals surface area contributed by atoms with Gasteiger partial charge < -0.3 is 26.2 Å². The molecule has 9 heteroatoms. The maximum atomic E-state index is 12.2. The molecule has 0 bridgehead atoms. The number of aromatic carboxylic acids is 2. The predicted molar refractivity (Wildman–Crippen MR) is 87.6 cm³/mol. The number of benzene rings is 2. The summed E-state index contributed by atoms with van der Waals surface area (Å²) in [4.78, 5) is 22.4. The number of nitrogens with one attached hydrogen (secondary N) is 1. The summed E-state index contributed by atoms with van der Waals surface area (Å²) in [5, 5.41) is 23.6. The van der Waals surface area contributed by atoms with E-state index in [4.69, 9.17) is 15.6 Å². The number of rotatable bonds is 4. The van der Waals surface area contributed by atoms with Crippen molar-refractivity contribution in [2.45, 2.75) is 9.79 Å². The highest BCUT2D eigenvalue weighted by molar-refractivity contribution is 7.91. The zero-order chi connectivity index (χ0) is 18.3. The molecule has 0 aromatic heterocycles. The molecule has 126 valence electrons. The van der Waals surface area contributed by atoms with Crippen LogP contribution in [0.15, 0.2) is 58.3 Å². The molecule has 0 saturated heterocycles. The van der Waals surface area contributed by atoms with Gasteiger partial charge in [0.05, 0.1) is 11.1 Å². The van der Waals surface area contributed by atoms with Gasteiger partial charge in [0, 0.05) is 11.2 Å². The first-order valence-electron chi connectivity index (χ1n) is 6.40. The number of carbonyl (C=O) groups is 2. The lowest BCUT2D eigenvalue weighted by atomic mass is 10.2. The van der Waals surface area contributed by atoms with Gasteiger partial charge in [0.15, 0.2) is 15.8 Å². The molecule has 0 heterocycles. The Hall–Kier alpha value is -3.04. The Morgan fingerprint density at radius 3 is 1.29 bits per heavy atom. The maximum absolute atomic E-state index is 12.2. The third-order valence-electron chi connectivity index (χ3n) is 2.63. The molecule has 0 amide bonds. The zero-order valence-electron chi connectivity index (χ0n) is 12.3. The average molecular weight is 349 g/mol. The number of carboxylic acids is 2. The molecule has 0 aliphatic rings. The van der Waals surface area contributed by atoms with Gasteiger partial charge in [-0.25, -0.2) is 9.59 Å². The molecular formula is C15H15N3O5S. The SMILES string of the molecule is N=C(N)N.O=C(O)c1ccc([S+]([O-])c2ccc(C(=O)O)cc2)cc1. The second-order valence-corrected chi connectivity index (χ2v) is 5.86. The molecule has 0 radical (unpaired) electrons. The summed E-state index contributed by atoms with van der Waals surface area (Å²) < 4.78 is 12.2. The van der Waals surface area contributed by atoms with Crippen LogP contribution in [-0.4, -0.2) is 32.7 Å². The quantitative estimate of drug-likeness (QED) is 0.312. The van der Waals surface area contributed by atoms with E-state index in [1.807, 2.05) is 0 Å². The Morgan fingerprint density at radius 1 is 0.833 bits per heavy atom. The van der Waals surface area contributed by atoms with Gasteiger partial charge >= 0.3 is 11.9 Å². The topological polar surface area (TPSA) is 174 Å². The van der Waals surface area contributed by atoms with Gasteiger partial charge in [0.2, 0.25) is 0 Å². The third kappa shape index (κ3) is 5.63. The fraction of sp³-hybridized carbons (Fsp3) is 0. The molecule has 2 aromatic carbocycles. The molecule has 2 rings (SSSR count). The second-order valence-electron chi connectivity index (χ2n) is 4.38. The standard InChI is InChI=1S/C14H10O5S.CH5N3/c15-13(16)9-1-5-11(6-2-9)20(19)12-7-3-10(4-8-12)14(17)18;2-1(3)4/h1-8H,(H,15,16)(H,17,18);(H5,2,3,4). The number of hydrogen-bond acceptors (Lipinski definition) is 4. The van der Waals surface area contributed by atoms with Crippen LogP contribution < -0.4 is 11.5 Å². The predicted octanol–water partition coefficient (Wildman–Crippen LogP) is 1.09. The van der Waals surface area contributed by atoms with E-state index in [1.165, 1.54) is 48.5 Å². The van der Waals surface area contributed by atoms with Crippen LogP contribution in [0.4, 0.5) is 0 Å². The van der Waals surface area contributed by atoms with E-state index >= 15 is 0 Å². The van der Waals surface area contributed by atoms with E-state index in [-0.39, 0.29) is 17.1 Å². The lowest BCUT2D eigenvalue weighted by molar-refractivity contribution is 0.0686. The number of carboxylic acid groups (broad SMARTS) is 2. The average Bonchev–Trinajstić information content (AvgIpc) is 2.54. The number of guanidine groups is 1. The van der Waals surface area contributed by atoms with Gasteiger partial charge in [-0.1, -0.05) is 0 Å². The lowest BCUT2D eigenvalue weighted by Gasteiger charge is -2.10. The molecule has 24 heavy (non-hydrogen) atoms. The Kier molecular flexibility index (Phi) is 6.78. The largest absolute Gasteiger partial charge is 0.606 e. The summed E-state index contributed by atoms with van der Waals surface area (Å²) in [6.45, 7) is 0. The van der Waals surface area contributed by atoms with E-state index < -0.39 is 23.1 Å². The van der Waals surface area contributed by atoms with E-state index in [1.54, 1.807) is 0 Å². The highest BCUT2D eigenvalue weighted by Gasteiger charge is 2.16. The molecule has 0 fully saturated rings. The smallest absolute Gasteiger partial charge is 0.335 e. The van der Waals surface area contributed by atoms with Crippen molar-refractivity contribution in [3.63, 3.8) is 0 Å². The van der Waals surface area contributed by atoms with E-state index in [0.717, 1.165) is 0 Å². The number of hydrogen-bond donors (Lipinski definition) is 5. The van der Waals surface area contributed by atoms with Gasteiger partial charge in [-0.15, -0.1) is 0 Å². The van der Waals surface area contributed by atoms with Crippen LogP contribution in [0.2, 0.25) is 0 Å². The molecule has 0 aliphatic heterocycles. The number of nitrogens with two attached hydrogens (primary N) is 2. The summed E-state index contributed by atoms with van der Waals surface area (Å²) in [7, 11) is 0. The fourth-order valence-corrected chi connectivity index (χ4v) is 2.62. The summed E-state index contributed by atoms with van der Waals surface area (Å²) in [5.41, 5.74) is 9.18. The summed E-state index contributed by atoms with van der Waals surface area (Å²) in [6.07, 6.45) is 0. The minimum Gasteiger partial charge on any atom is -0.606 e. The Balaban J connectivity index is 0.000000648. The van der Waals surface area contributed by atoms with Crippen LogP contribution in [0.5, 0.6) is 0 Å². The maximum Gasteiger partial charge on any atom is 0.335 e. The van der Waals surface area contributed by atoms with Crippen molar-refractivity contribution < 1.29 is 24.4 Å². The minimum absolute atomic E-state index is 0.118. The van der Waals surface area contributed by atoms with Gasteiger partial charge in [0.25, 0.3) is 0 Å². The van der Waals surface area contributed by atoms with E-state index in [9.17, 15) is 14.1 Å². The van der Waals surface area contributed by atoms with Crippen molar-refractivity contribution in [2.24, 2.45) is 11.5 Å². The van der Waals surface area contributed by atoms with Crippen molar-refractivity contribution in [1.82, 2.24) is 0 Å². The fourth-order valence-electron chi connectivity index (χ4n) is 1.58. The van der Waals surface area contributed by atoms with Crippen LogP contribution >= 0.6 is 0 Å². The van der Waals surface area contributed by atoms with Crippen LogP contribution in [0.1, 0.15) is 20.7 Å². The first kappa shape index (κ1) is 19.0. The Morgan fingerprint density at radius 2 is 1.08 bits per heavy atom. The molecule has 0 spiro atoms. The molecule has 7 N–H and O–H groups in total. The van der Waals surface area contributed by atoms with Gasteiger partial charge in [-0.3, -0.25) is 5.41 Å².